The fourth-order valence-electron chi connectivity index (χ4n) is 2.95. The number of carbonyl (C=O) groups is 2. The van der Waals surface area contributed by atoms with E-state index in [9.17, 15) is 9.59 Å². The van der Waals surface area contributed by atoms with E-state index in [0.717, 1.165) is 21.3 Å². The van der Waals surface area contributed by atoms with Crippen LogP contribution in [0.5, 0.6) is 5.75 Å². The maximum atomic E-state index is 12.5. The van der Waals surface area contributed by atoms with Crippen molar-refractivity contribution in [2.24, 2.45) is 0 Å². The molecule has 27 heavy (non-hydrogen) atoms. The highest BCUT2D eigenvalue weighted by Gasteiger charge is 2.28. The van der Waals surface area contributed by atoms with Crippen molar-refractivity contribution in [3.05, 3.63) is 52.0 Å². The highest BCUT2D eigenvalue weighted by atomic mass is 79.9. The van der Waals surface area contributed by atoms with Gasteiger partial charge in [0.25, 0.3) is 5.91 Å². The second-order valence-corrected chi connectivity index (χ2v) is 8.62. The molecule has 2 aromatic carbocycles. The number of nitrogens with one attached hydrogen (secondary N) is 1. The SMILES string of the molecule is Cc1cc(Br)ccc1NC(=O)CN1C(=O)COc2cc(C(C)(C)C)ccc21. The first kappa shape index (κ1) is 19.4. The number of carbonyl (C=O) groups excluding carboxylic acids is 2. The van der Waals surface area contributed by atoms with Gasteiger partial charge in [0.05, 0.1) is 5.69 Å². The lowest BCUT2D eigenvalue weighted by molar-refractivity contribution is -0.123. The van der Waals surface area contributed by atoms with Crippen molar-refractivity contribution < 1.29 is 14.3 Å². The standard InChI is InChI=1S/C21H23BrN2O3/c1-13-9-15(22)6-7-16(13)23-19(25)11-24-17-8-5-14(21(2,3)4)10-18(17)27-12-20(24)26/h5-10H,11-12H2,1-4H3,(H,23,25). The van der Waals surface area contributed by atoms with Crippen molar-refractivity contribution >= 4 is 39.1 Å². The Kier molecular flexibility index (Phi) is 5.29. The first-order valence-electron chi connectivity index (χ1n) is 8.79. The largest absolute Gasteiger partial charge is 0.482 e. The molecule has 0 fully saturated rings. The minimum Gasteiger partial charge on any atom is -0.482 e. The minimum absolute atomic E-state index is 0.0266. The van der Waals surface area contributed by atoms with Gasteiger partial charge in [-0.1, -0.05) is 42.8 Å². The zero-order chi connectivity index (χ0) is 19.8. The fourth-order valence-corrected chi connectivity index (χ4v) is 3.42. The van der Waals surface area contributed by atoms with Gasteiger partial charge in [-0.3, -0.25) is 14.5 Å². The lowest BCUT2D eigenvalue weighted by Gasteiger charge is -2.30. The van der Waals surface area contributed by atoms with Gasteiger partial charge in [-0.15, -0.1) is 0 Å². The third-order valence-electron chi connectivity index (χ3n) is 4.53. The van der Waals surface area contributed by atoms with Crippen LogP contribution < -0.4 is 15.0 Å². The molecule has 0 aromatic heterocycles. The number of amides is 2. The molecule has 0 unspecified atom stereocenters. The molecule has 2 aromatic rings. The first-order chi connectivity index (χ1) is 12.6. The van der Waals surface area contributed by atoms with Crippen molar-refractivity contribution in [2.75, 3.05) is 23.4 Å². The Morgan fingerprint density at radius 2 is 1.96 bits per heavy atom. The zero-order valence-corrected chi connectivity index (χ0v) is 17.5. The Morgan fingerprint density at radius 1 is 1.22 bits per heavy atom. The summed E-state index contributed by atoms with van der Waals surface area (Å²) < 4.78 is 6.55. The quantitative estimate of drug-likeness (QED) is 0.783. The predicted molar refractivity (Wildman–Crippen MR) is 110 cm³/mol. The summed E-state index contributed by atoms with van der Waals surface area (Å²) in [7, 11) is 0. The van der Waals surface area contributed by atoms with Gasteiger partial charge in [-0.25, -0.2) is 0 Å². The van der Waals surface area contributed by atoms with Crippen LogP contribution in [0.4, 0.5) is 11.4 Å². The van der Waals surface area contributed by atoms with Crippen molar-refractivity contribution in [1.29, 1.82) is 0 Å². The number of hydrogen-bond donors (Lipinski definition) is 1. The molecule has 1 N–H and O–H groups in total. The van der Waals surface area contributed by atoms with Crippen LogP contribution in [0.15, 0.2) is 40.9 Å². The molecule has 0 saturated carbocycles. The monoisotopic (exact) mass is 430 g/mol. The summed E-state index contributed by atoms with van der Waals surface area (Å²) in [6.07, 6.45) is 0. The Bertz CT molecular complexity index is 903. The fraction of sp³-hybridized carbons (Fsp3) is 0.333. The maximum Gasteiger partial charge on any atom is 0.265 e. The molecule has 0 radical (unpaired) electrons. The van der Waals surface area contributed by atoms with Crippen molar-refractivity contribution in [3.63, 3.8) is 0 Å². The molecule has 0 spiro atoms. The van der Waals surface area contributed by atoms with Crippen LogP contribution in [0.25, 0.3) is 0 Å². The molecule has 1 heterocycles. The molecule has 0 atom stereocenters. The number of hydrogen-bond acceptors (Lipinski definition) is 3. The van der Waals surface area contributed by atoms with Gasteiger partial charge in [-0.05, 0) is 53.8 Å². The number of ether oxygens (including phenoxy) is 1. The van der Waals surface area contributed by atoms with Gasteiger partial charge in [0, 0.05) is 10.2 Å². The van der Waals surface area contributed by atoms with Crippen LogP contribution in [-0.4, -0.2) is 25.0 Å². The van der Waals surface area contributed by atoms with E-state index in [4.69, 9.17) is 4.74 Å². The Morgan fingerprint density at radius 3 is 2.63 bits per heavy atom. The Hall–Kier alpha value is -2.34. The molecule has 0 aliphatic carbocycles. The normalized spacial score (nSPS) is 13.8. The third-order valence-corrected chi connectivity index (χ3v) is 5.03. The van der Waals surface area contributed by atoms with E-state index in [1.807, 2.05) is 43.3 Å². The van der Waals surface area contributed by atoms with Crippen LogP contribution in [0.3, 0.4) is 0 Å². The molecular weight excluding hydrogens is 408 g/mol. The first-order valence-corrected chi connectivity index (χ1v) is 9.58. The summed E-state index contributed by atoms with van der Waals surface area (Å²) in [5.41, 5.74) is 3.39. The summed E-state index contributed by atoms with van der Waals surface area (Å²) in [5, 5.41) is 2.88. The van der Waals surface area contributed by atoms with Crippen molar-refractivity contribution in [3.8, 4) is 5.75 Å². The van der Waals surface area contributed by atoms with Gasteiger partial charge in [0.15, 0.2) is 6.61 Å². The number of anilines is 2. The molecule has 3 rings (SSSR count). The number of aryl methyl sites for hydroxylation is 1. The Balaban J connectivity index is 1.80. The Labute approximate surface area is 167 Å². The maximum absolute atomic E-state index is 12.5. The number of rotatable bonds is 3. The van der Waals surface area contributed by atoms with E-state index in [0.29, 0.717) is 11.4 Å². The highest BCUT2D eigenvalue weighted by molar-refractivity contribution is 9.10. The predicted octanol–water partition coefficient (Wildman–Crippen LogP) is 4.42. The van der Waals surface area contributed by atoms with Crippen LogP contribution in [0, 0.1) is 6.92 Å². The number of fused-ring (bicyclic) bond motifs is 1. The van der Waals surface area contributed by atoms with Crippen LogP contribution in [0.2, 0.25) is 0 Å². The zero-order valence-electron chi connectivity index (χ0n) is 15.9. The summed E-state index contributed by atoms with van der Waals surface area (Å²) in [6.45, 7) is 8.16. The van der Waals surface area contributed by atoms with E-state index in [1.54, 1.807) is 0 Å². The van der Waals surface area contributed by atoms with Crippen LogP contribution in [0.1, 0.15) is 31.9 Å². The van der Waals surface area contributed by atoms with Gasteiger partial charge in [0.2, 0.25) is 5.91 Å². The van der Waals surface area contributed by atoms with E-state index >= 15 is 0 Å². The molecule has 5 nitrogen and oxygen atoms in total. The van der Waals surface area contributed by atoms with E-state index in [-0.39, 0.29) is 30.4 Å². The van der Waals surface area contributed by atoms with Crippen molar-refractivity contribution in [1.82, 2.24) is 0 Å². The molecule has 142 valence electrons. The average molecular weight is 431 g/mol. The molecule has 2 amide bonds. The molecule has 1 aliphatic heterocycles. The average Bonchev–Trinajstić information content (AvgIpc) is 2.59. The van der Waals surface area contributed by atoms with Gasteiger partial charge < -0.3 is 10.1 Å². The van der Waals surface area contributed by atoms with E-state index < -0.39 is 0 Å². The van der Waals surface area contributed by atoms with Gasteiger partial charge in [-0.2, -0.15) is 0 Å². The molecule has 6 heteroatoms. The smallest absolute Gasteiger partial charge is 0.265 e. The van der Waals surface area contributed by atoms with Crippen LogP contribution >= 0.6 is 15.9 Å². The molecule has 0 saturated heterocycles. The van der Waals surface area contributed by atoms with Gasteiger partial charge >= 0.3 is 0 Å². The minimum atomic E-state index is -0.249. The lowest BCUT2D eigenvalue weighted by Crippen LogP contribution is -2.43. The summed E-state index contributed by atoms with van der Waals surface area (Å²) in [4.78, 5) is 26.4. The molecule has 0 bridgehead atoms. The van der Waals surface area contributed by atoms with E-state index in [1.165, 1.54) is 4.90 Å². The summed E-state index contributed by atoms with van der Waals surface area (Å²) >= 11 is 3.41. The number of halogens is 1. The topological polar surface area (TPSA) is 58.6 Å². The van der Waals surface area contributed by atoms with Crippen LogP contribution in [-0.2, 0) is 15.0 Å². The molecule has 1 aliphatic rings. The number of benzene rings is 2. The second-order valence-electron chi connectivity index (χ2n) is 7.71. The number of nitrogens with zero attached hydrogens (tertiary/aromatic N) is 1. The third kappa shape index (κ3) is 4.33. The lowest BCUT2D eigenvalue weighted by atomic mass is 9.86. The second kappa shape index (κ2) is 7.35. The summed E-state index contributed by atoms with van der Waals surface area (Å²) in [5.74, 6) is 0.157. The van der Waals surface area contributed by atoms with Gasteiger partial charge in [0.1, 0.15) is 12.3 Å². The summed E-state index contributed by atoms with van der Waals surface area (Å²) in [6, 6.07) is 11.4. The van der Waals surface area contributed by atoms with Crippen molar-refractivity contribution in [2.45, 2.75) is 33.1 Å². The molecular formula is C21H23BrN2O3. The highest BCUT2D eigenvalue weighted by Crippen LogP contribution is 2.36. The van der Waals surface area contributed by atoms with E-state index in [2.05, 4.69) is 42.0 Å².